The lowest BCUT2D eigenvalue weighted by atomic mass is 10.0. The predicted octanol–water partition coefficient (Wildman–Crippen LogP) is 1.76. The van der Waals surface area contributed by atoms with Crippen molar-refractivity contribution in [2.45, 2.75) is 65.0 Å². The molecule has 4 heteroatoms. The molecule has 1 aliphatic heterocycles. The summed E-state index contributed by atoms with van der Waals surface area (Å²) in [6.07, 6.45) is 4.95. The molecular weight excluding hydrogens is 238 g/mol. The number of hydrogen-bond acceptors (Lipinski definition) is 3. The van der Waals surface area contributed by atoms with Gasteiger partial charge < -0.3 is 15.5 Å². The molecule has 19 heavy (non-hydrogen) atoms. The summed E-state index contributed by atoms with van der Waals surface area (Å²) >= 11 is 0. The van der Waals surface area contributed by atoms with Crippen LogP contribution in [-0.4, -0.2) is 48.6 Å². The Morgan fingerprint density at radius 2 is 1.89 bits per heavy atom. The predicted molar refractivity (Wildman–Crippen MR) is 80.3 cm³/mol. The van der Waals surface area contributed by atoms with Gasteiger partial charge in [-0.3, -0.25) is 4.79 Å². The standard InChI is InChI=1S/C15H31N3O/c1-5-15(3,4)17-14(19)13(2)16-9-12-18-10-7-6-8-11-18/h13,16H,5-12H2,1-4H3,(H,17,19). The van der Waals surface area contributed by atoms with E-state index in [1.165, 1.54) is 32.4 Å². The minimum atomic E-state index is -0.115. The third-order valence-corrected chi connectivity index (χ3v) is 4.07. The molecule has 1 saturated heterocycles. The van der Waals surface area contributed by atoms with Gasteiger partial charge in [0.2, 0.25) is 5.91 Å². The SMILES string of the molecule is CCC(C)(C)NC(=O)C(C)NCCN1CCCCC1. The lowest BCUT2D eigenvalue weighted by Crippen LogP contribution is -2.51. The van der Waals surface area contributed by atoms with Crippen LogP contribution in [0.2, 0.25) is 0 Å². The van der Waals surface area contributed by atoms with Crippen molar-refractivity contribution in [3.8, 4) is 0 Å². The van der Waals surface area contributed by atoms with Crippen molar-refractivity contribution in [1.29, 1.82) is 0 Å². The lowest BCUT2D eigenvalue weighted by Gasteiger charge is -2.28. The summed E-state index contributed by atoms with van der Waals surface area (Å²) in [4.78, 5) is 14.5. The largest absolute Gasteiger partial charge is 0.350 e. The maximum Gasteiger partial charge on any atom is 0.237 e. The molecule has 0 aromatic rings. The second-order valence-corrected chi connectivity index (χ2v) is 6.30. The van der Waals surface area contributed by atoms with Crippen LogP contribution in [0.1, 0.15) is 53.4 Å². The van der Waals surface area contributed by atoms with Crippen molar-refractivity contribution in [1.82, 2.24) is 15.5 Å². The summed E-state index contributed by atoms with van der Waals surface area (Å²) in [5, 5.41) is 6.40. The van der Waals surface area contributed by atoms with Gasteiger partial charge in [0.05, 0.1) is 6.04 Å². The molecule has 0 radical (unpaired) electrons. The van der Waals surface area contributed by atoms with E-state index in [1.807, 2.05) is 6.92 Å². The number of nitrogens with one attached hydrogen (secondary N) is 2. The highest BCUT2D eigenvalue weighted by Gasteiger charge is 2.21. The van der Waals surface area contributed by atoms with Gasteiger partial charge in [-0.1, -0.05) is 13.3 Å². The molecule has 0 aliphatic carbocycles. The Morgan fingerprint density at radius 1 is 1.26 bits per heavy atom. The first-order valence-corrected chi connectivity index (χ1v) is 7.72. The van der Waals surface area contributed by atoms with Crippen LogP contribution in [0.3, 0.4) is 0 Å². The number of carbonyl (C=O) groups is 1. The molecule has 4 nitrogen and oxygen atoms in total. The summed E-state index contributed by atoms with van der Waals surface area (Å²) < 4.78 is 0. The first-order valence-electron chi connectivity index (χ1n) is 7.72. The molecule has 2 N–H and O–H groups in total. The lowest BCUT2D eigenvalue weighted by molar-refractivity contribution is -0.124. The fourth-order valence-corrected chi connectivity index (χ4v) is 2.25. The first-order chi connectivity index (χ1) is 8.94. The summed E-state index contributed by atoms with van der Waals surface area (Å²) in [7, 11) is 0. The van der Waals surface area contributed by atoms with E-state index in [0.717, 1.165) is 19.5 Å². The van der Waals surface area contributed by atoms with Gasteiger partial charge in [0.15, 0.2) is 0 Å². The molecule has 0 aromatic heterocycles. The van der Waals surface area contributed by atoms with Gasteiger partial charge in [-0.2, -0.15) is 0 Å². The van der Waals surface area contributed by atoms with Crippen molar-refractivity contribution < 1.29 is 4.79 Å². The van der Waals surface area contributed by atoms with E-state index in [2.05, 4.69) is 36.3 Å². The minimum Gasteiger partial charge on any atom is -0.350 e. The zero-order chi connectivity index (χ0) is 14.3. The number of amides is 1. The summed E-state index contributed by atoms with van der Waals surface area (Å²) in [6, 6.07) is -0.115. The van der Waals surface area contributed by atoms with Crippen molar-refractivity contribution >= 4 is 5.91 Å². The zero-order valence-corrected chi connectivity index (χ0v) is 13.1. The summed E-state index contributed by atoms with van der Waals surface area (Å²) in [5.74, 6) is 0.102. The summed E-state index contributed by atoms with van der Waals surface area (Å²) in [6.45, 7) is 12.5. The monoisotopic (exact) mass is 269 g/mol. The molecule has 112 valence electrons. The normalized spacial score (nSPS) is 19.2. The van der Waals surface area contributed by atoms with E-state index < -0.39 is 0 Å². The van der Waals surface area contributed by atoms with Crippen molar-refractivity contribution in [3.05, 3.63) is 0 Å². The molecule has 1 atom stereocenters. The van der Waals surface area contributed by atoms with Gasteiger partial charge in [-0.05, 0) is 53.1 Å². The molecule has 1 fully saturated rings. The average Bonchev–Trinajstić information content (AvgIpc) is 2.39. The van der Waals surface area contributed by atoms with E-state index >= 15 is 0 Å². The van der Waals surface area contributed by atoms with Gasteiger partial charge in [0.1, 0.15) is 0 Å². The Balaban J connectivity index is 2.19. The minimum absolute atomic E-state index is 0.102. The third-order valence-electron chi connectivity index (χ3n) is 4.07. The molecule has 1 aliphatic rings. The average molecular weight is 269 g/mol. The Hall–Kier alpha value is -0.610. The van der Waals surface area contributed by atoms with Gasteiger partial charge in [-0.15, -0.1) is 0 Å². The van der Waals surface area contributed by atoms with E-state index in [1.54, 1.807) is 0 Å². The fourth-order valence-electron chi connectivity index (χ4n) is 2.25. The van der Waals surface area contributed by atoms with Gasteiger partial charge in [0.25, 0.3) is 0 Å². The Morgan fingerprint density at radius 3 is 2.47 bits per heavy atom. The highest BCUT2D eigenvalue weighted by atomic mass is 16.2. The molecule has 0 aromatic carbocycles. The first kappa shape index (κ1) is 16.4. The highest BCUT2D eigenvalue weighted by Crippen LogP contribution is 2.08. The van der Waals surface area contributed by atoms with Gasteiger partial charge in [0, 0.05) is 18.6 Å². The Labute approximate surface area is 118 Å². The number of likely N-dealkylation sites (tertiary alicyclic amines) is 1. The van der Waals surface area contributed by atoms with E-state index in [4.69, 9.17) is 0 Å². The van der Waals surface area contributed by atoms with Crippen LogP contribution < -0.4 is 10.6 Å². The second-order valence-electron chi connectivity index (χ2n) is 6.30. The van der Waals surface area contributed by atoms with Crippen LogP contribution in [0.15, 0.2) is 0 Å². The van der Waals surface area contributed by atoms with E-state index in [-0.39, 0.29) is 17.5 Å². The Bertz CT molecular complexity index is 273. The van der Waals surface area contributed by atoms with Crippen molar-refractivity contribution in [2.24, 2.45) is 0 Å². The number of rotatable bonds is 7. The smallest absolute Gasteiger partial charge is 0.237 e. The van der Waals surface area contributed by atoms with Crippen LogP contribution in [-0.2, 0) is 4.79 Å². The Kier molecular flexibility index (Phi) is 6.80. The van der Waals surface area contributed by atoms with E-state index in [0.29, 0.717) is 0 Å². The van der Waals surface area contributed by atoms with Crippen molar-refractivity contribution in [3.63, 3.8) is 0 Å². The number of hydrogen-bond donors (Lipinski definition) is 2. The highest BCUT2D eigenvalue weighted by molar-refractivity contribution is 5.81. The fraction of sp³-hybridized carbons (Fsp3) is 0.933. The molecule has 1 amide bonds. The van der Waals surface area contributed by atoms with Crippen molar-refractivity contribution in [2.75, 3.05) is 26.2 Å². The second kappa shape index (κ2) is 7.85. The molecule has 0 saturated carbocycles. The van der Waals surface area contributed by atoms with E-state index in [9.17, 15) is 4.79 Å². The maximum absolute atomic E-state index is 12.0. The number of piperidine rings is 1. The number of nitrogens with zero attached hydrogens (tertiary/aromatic N) is 1. The molecule has 1 heterocycles. The van der Waals surface area contributed by atoms with Crippen LogP contribution in [0, 0.1) is 0 Å². The zero-order valence-electron chi connectivity index (χ0n) is 13.1. The van der Waals surface area contributed by atoms with Crippen LogP contribution in [0.4, 0.5) is 0 Å². The maximum atomic E-state index is 12.0. The molecule has 0 spiro atoms. The molecule has 1 unspecified atom stereocenters. The number of carbonyl (C=O) groups excluding carboxylic acids is 1. The third kappa shape index (κ3) is 6.39. The van der Waals surface area contributed by atoms with Crippen LogP contribution in [0.5, 0.6) is 0 Å². The molecular formula is C15H31N3O. The molecule has 0 bridgehead atoms. The van der Waals surface area contributed by atoms with Gasteiger partial charge in [-0.25, -0.2) is 0 Å². The van der Waals surface area contributed by atoms with Gasteiger partial charge >= 0.3 is 0 Å². The topological polar surface area (TPSA) is 44.4 Å². The van der Waals surface area contributed by atoms with Crippen LogP contribution in [0.25, 0.3) is 0 Å². The van der Waals surface area contributed by atoms with Crippen LogP contribution >= 0.6 is 0 Å². The quantitative estimate of drug-likeness (QED) is 0.740. The molecule has 1 rings (SSSR count). The summed E-state index contributed by atoms with van der Waals surface area (Å²) in [5.41, 5.74) is -0.111.